The Morgan fingerprint density at radius 3 is 2.40 bits per heavy atom. The van der Waals surface area contributed by atoms with E-state index in [0.717, 1.165) is 84.9 Å². The fraction of sp³-hybridized carbons (Fsp3) is 0.500. The molecule has 63 heavy (non-hydrogen) atoms. The number of thiazole rings is 1. The van der Waals surface area contributed by atoms with Gasteiger partial charge in [-0.15, -0.1) is 11.3 Å². The van der Waals surface area contributed by atoms with Crippen LogP contribution < -0.4 is 16.0 Å². The number of amides is 5. The molecule has 3 aliphatic heterocycles. The van der Waals surface area contributed by atoms with Gasteiger partial charge in [0.1, 0.15) is 17.4 Å². The van der Waals surface area contributed by atoms with Crippen molar-refractivity contribution in [2.24, 2.45) is 17.3 Å². The number of fused-ring (bicyclic) bond motifs is 2. The summed E-state index contributed by atoms with van der Waals surface area (Å²) in [5, 5.41) is 20.3. The van der Waals surface area contributed by atoms with Crippen LogP contribution in [-0.2, 0) is 21.4 Å². The quantitative estimate of drug-likeness (QED) is 0.0826. The molecule has 4 fully saturated rings. The van der Waals surface area contributed by atoms with Gasteiger partial charge in [-0.3, -0.25) is 34.2 Å². The van der Waals surface area contributed by atoms with Crippen molar-refractivity contribution < 1.29 is 42.3 Å². The second-order valence-electron chi connectivity index (χ2n) is 18.7. The van der Waals surface area contributed by atoms with Crippen molar-refractivity contribution in [3.05, 3.63) is 81.6 Å². The SMILES string of the molecule is CC(C)(O)c1cc2nc([C@H]3CC[C@H](CN4CC5(CC(CCCNc6cccc7c6C(=O)N(C6CCC(=O)NC6=O)C7=O)C5)C4)CC3)sc2cc1NC(=O)c1cccc(C(F)(F)F)n1. The molecule has 2 saturated heterocycles. The molecule has 2 aliphatic carbocycles. The number of carbonyl (C=O) groups excluding carboxylic acids is 5. The molecule has 1 atom stereocenters. The van der Waals surface area contributed by atoms with Crippen LogP contribution in [0.2, 0.25) is 0 Å². The molecule has 2 aromatic heterocycles. The molecule has 2 saturated carbocycles. The summed E-state index contributed by atoms with van der Waals surface area (Å²) in [6.45, 7) is 7.22. The average Bonchev–Trinajstić information content (AvgIpc) is 3.74. The van der Waals surface area contributed by atoms with E-state index in [0.29, 0.717) is 52.2 Å². The molecule has 1 unspecified atom stereocenters. The molecule has 0 radical (unpaired) electrons. The number of hydrogen-bond donors (Lipinski definition) is 4. The third-order valence-electron chi connectivity index (χ3n) is 13.6. The van der Waals surface area contributed by atoms with Gasteiger partial charge in [0.25, 0.3) is 17.7 Å². The van der Waals surface area contributed by atoms with E-state index in [1.807, 2.05) is 0 Å². The summed E-state index contributed by atoms with van der Waals surface area (Å²) >= 11 is 1.55. The van der Waals surface area contributed by atoms with Crippen molar-refractivity contribution in [2.45, 2.75) is 102 Å². The molecular weight excluding hydrogens is 836 g/mol. The Labute approximate surface area is 366 Å². The maximum Gasteiger partial charge on any atom is 0.433 e. The number of piperidine rings is 1. The van der Waals surface area contributed by atoms with Crippen molar-refractivity contribution in [1.29, 1.82) is 0 Å². The highest BCUT2D eigenvalue weighted by Crippen LogP contribution is 2.54. The molecule has 5 amide bonds. The van der Waals surface area contributed by atoms with Gasteiger partial charge < -0.3 is 20.6 Å². The van der Waals surface area contributed by atoms with Gasteiger partial charge in [-0.2, -0.15) is 13.2 Å². The smallest absolute Gasteiger partial charge is 0.386 e. The molecule has 0 bridgehead atoms. The van der Waals surface area contributed by atoms with Gasteiger partial charge in [0.2, 0.25) is 11.8 Å². The number of imide groups is 2. The molecule has 4 aromatic rings. The van der Waals surface area contributed by atoms with Crippen LogP contribution in [-0.4, -0.2) is 86.6 Å². The Kier molecular flexibility index (Phi) is 11.2. The van der Waals surface area contributed by atoms with Crippen molar-refractivity contribution in [3.63, 3.8) is 0 Å². The number of hydrogen-bond acceptors (Lipinski definition) is 11. The van der Waals surface area contributed by atoms with Crippen molar-refractivity contribution >= 4 is 62.5 Å². The lowest BCUT2D eigenvalue weighted by molar-refractivity contribution is -0.141. The highest BCUT2D eigenvalue weighted by atomic mass is 32.1. The normalized spacial score (nSPS) is 22.8. The van der Waals surface area contributed by atoms with Crippen LogP contribution in [0.5, 0.6) is 0 Å². The summed E-state index contributed by atoms with van der Waals surface area (Å²) in [6, 6.07) is 10.8. The number of alkyl halides is 3. The first-order valence-electron chi connectivity index (χ1n) is 21.8. The summed E-state index contributed by atoms with van der Waals surface area (Å²) in [5.41, 5.74) is 0.0902. The Morgan fingerprint density at radius 2 is 1.68 bits per heavy atom. The highest BCUT2D eigenvalue weighted by molar-refractivity contribution is 7.18. The van der Waals surface area contributed by atoms with Crippen molar-refractivity contribution in [2.75, 3.05) is 36.8 Å². The zero-order valence-corrected chi connectivity index (χ0v) is 36.0. The first-order chi connectivity index (χ1) is 29.9. The summed E-state index contributed by atoms with van der Waals surface area (Å²) < 4.78 is 40.6. The lowest BCUT2D eigenvalue weighted by Gasteiger charge is -2.60. The monoisotopic (exact) mass is 885 g/mol. The average molecular weight is 886 g/mol. The molecule has 2 aromatic carbocycles. The summed E-state index contributed by atoms with van der Waals surface area (Å²) in [6.07, 6.45) is 4.26. The number of rotatable bonds is 12. The van der Waals surface area contributed by atoms with Crippen LogP contribution in [0.15, 0.2) is 48.5 Å². The van der Waals surface area contributed by atoms with Gasteiger partial charge in [-0.1, -0.05) is 12.1 Å². The van der Waals surface area contributed by atoms with Crippen LogP contribution >= 0.6 is 11.3 Å². The van der Waals surface area contributed by atoms with E-state index in [1.165, 1.54) is 18.9 Å². The number of nitrogens with zero attached hydrogens (tertiary/aromatic N) is 4. The third-order valence-corrected chi connectivity index (χ3v) is 14.8. The molecule has 4 N–H and O–H groups in total. The molecule has 9 rings (SSSR count). The minimum absolute atomic E-state index is 0.0788. The standard InChI is InChI=1S/C46H50F3N7O6S/c1-44(2,62)29-18-33-35(19-32(29)52-39(58)31-9-4-10-36(51-31)46(47,48)49)63-41(53-33)27-13-11-25(12-14-27)22-55-23-45(24-55)20-26(21-45)6-5-17-50-30-8-3-7-28-38(30)43(61)56(42(28)60)34-15-16-37(57)54-40(34)59/h3-4,7-10,18-19,25-27,34,50,62H,5-6,11-17,20-24H2,1-2H3,(H,52,58)(H,54,57,59)/t25-,27-,34?. The zero-order valence-electron chi connectivity index (χ0n) is 35.1. The molecular formula is C46H50F3N7O6S. The number of likely N-dealkylation sites (tertiary alicyclic amines) is 1. The number of nitrogens with one attached hydrogen (secondary N) is 3. The number of aliphatic hydroxyl groups is 1. The molecule has 17 heteroatoms. The van der Waals surface area contributed by atoms with Crippen LogP contribution in [0, 0.1) is 17.3 Å². The molecule has 1 spiro atoms. The van der Waals surface area contributed by atoms with Crippen molar-refractivity contribution in [3.8, 4) is 0 Å². The lowest BCUT2D eigenvalue weighted by Crippen LogP contribution is -2.62. The third kappa shape index (κ3) is 8.58. The Bertz CT molecular complexity index is 2500. The Morgan fingerprint density at radius 1 is 0.937 bits per heavy atom. The predicted molar refractivity (Wildman–Crippen MR) is 229 cm³/mol. The second-order valence-corrected chi connectivity index (χ2v) is 19.8. The Hall–Kier alpha value is -5.26. The van der Waals surface area contributed by atoms with E-state index in [4.69, 9.17) is 4.98 Å². The van der Waals surface area contributed by atoms with E-state index in [9.17, 15) is 42.3 Å². The van der Waals surface area contributed by atoms with Gasteiger partial charge in [0.05, 0.1) is 32.0 Å². The number of anilines is 2. The zero-order chi connectivity index (χ0) is 44.4. The summed E-state index contributed by atoms with van der Waals surface area (Å²) in [7, 11) is 0. The van der Waals surface area contributed by atoms with Gasteiger partial charge in [0.15, 0.2) is 0 Å². The maximum absolute atomic E-state index is 13.4. The van der Waals surface area contributed by atoms with E-state index in [-0.39, 0.29) is 29.7 Å². The number of carbonyl (C=O) groups is 5. The number of benzene rings is 2. The highest BCUT2D eigenvalue weighted by Gasteiger charge is 2.52. The molecule has 332 valence electrons. The van der Waals surface area contributed by atoms with Gasteiger partial charge in [-0.25, -0.2) is 9.97 Å². The maximum atomic E-state index is 13.4. The van der Waals surface area contributed by atoms with Crippen molar-refractivity contribution in [1.82, 2.24) is 25.1 Å². The van der Waals surface area contributed by atoms with E-state index < -0.39 is 53.0 Å². The fourth-order valence-electron chi connectivity index (χ4n) is 10.6. The number of aromatic nitrogens is 2. The lowest BCUT2D eigenvalue weighted by atomic mass is 9.56. The molecule has 5 heterocycles. The summed E-state index contributed by atoms with van der Waals surface area (Å²) in [4.78, 5) is 75.8. The van der Waals surface area contributed by atoms with Crippen LogP contribution in [0.4, 0.5) is 24.5 Å². The number of pyridine rings is 1. The minimum atomic E-state index is -4.69. The van der Waals surface area contributed by atoms with E-state index in [1.54, 1.807) is 55.5 Å². The first kappa shape index (κ1) is 43.0. The predicted octanol–water partition coefficient (Wildman–Crippen LogP) is 7.47. The minimum Gasteiger partial charge on any atom is -0.386 e. The number of halogens is 3. The van der Waals surface area contributed by atoms with Crippen LogP contribution in [0.25, 0.3) is 10.2 Å². The first-order valence-corrected chi connectivity index (χ1v) is 22.6. The van der Waals surface area contributed by atoms with Gasteiger partial charge >= 0.3 is 6.18 Å². The topological polar surface area (TPSA) is 174 Å². The molecule has 5 aliphatic rings. The van der Waals surface area contributed by atoms with Crippen LogP contribution in [0.3, 0.4) is 0 Å². The fourth-order valence-corrected chi connectivity index (χ4v) is 11.7. The van der Waals surface area contributed by atoms with E-state index >= 15 is 0 Å². The molecule has 13 nitrogen and oxygen atoms in total. The van der Waals surface area contributed by atoms with Gasteiger partial charge in [0, 0.05) is 55.5 Å². The summed E-state index contributed by atoms with van der Waals surface area (Å²) in [5.74, 6) is -1.24. The van der Waals surface area contributed by atoms with E-state index in [2.05, 4.69) is 25.8 Å². The largest absolute Gasteiger partial charge is 0.433 e. The Balaban J connectivity index is 0.717. The van der Waals surface area contributed by atoms with Gasteiger partial charge in [-0.05, 0) is 125 Å². The van der Waals surface area contributed by atoms with Crippen LogP contribution in [0.1, 0.15) is 131 Å². The second kappa shape index (κ2) is 16.4.